The first-order valence-corrected chi connectivity index (χ1v) is 9.22. The van der Waals surface area contributed by atoms with Gasteiger partial charge >= 0.3 is 0 Å². The molecule has 0 atom stereocenters. The van der Waals surface area contributed by atoms with Crippen molar-refractivity contribution in [3.05, 3.63) is 72.4 Å². The van der Waals surface area contributed by atoms with Crippen LogP contribution in [0.1, 0.15) is 11.8 Å². The Balaban J connectivity index is 2.05. The van der Waals surface area contributed by atoms with Crippen molar-refractivity contribution in [3.63, 3.8) is 0 Å². The third-order valence-electron chi connectivity index (χ3n) is 3.33. The van der Waals surface area contributed by atoms with Crippen LogP contribution >= 0.6 is 18.7 Å². The Morgan fingerprint density at radius 1 is 0.864 bits per heavy atom. The lowest BCUT2D eigenvalue weighted by molar-refractivity contribution is 0.477. The van der Waals surface area contributed by atoms with E-state index in [1.54, 1.807) is 0 Å². The van der Waals surface area contributed by atoms with Crippen molar-refractivity contribution in [1.29, 1.82) is 0 Å². The Morgan fingerprint density at radius 2 is 1.36 bits per heavy atom. The summed E-state index contributed by atoms with van der Waals surface area (Å²) in [4.78, 5) is 0. The molecule has 0 aliphatic rings. The molecule has 0 fully saturated rings. The van der Waals surface area contributed by atoms with E-state index in [-0.39, 0.29) is 12.0 Å². The van der Waals surface area contributed by atoms with Crippen LogP contribution in [0, 0.1) is 0 Å². The molecule has 4 nitrogen and oxygen atoms in total. The molecule has 6 heteroatoms. The summed E-state index contributed by atoms with van der Waals surface area (Å²) in [7, 11) is -2.88. The van der Waals surface area contributed by atoms with Crippen LogP contribution in [-0.2, 0) is 16.6 Å². The summed E-state index contributed by atoms with van der Waals surface area (Å²) in [5.41, 5.74) is 0. The van der Waals surface area contributed by atoms with E-state index in [1.807, 2.05) is 60.7 Å². The predicted octanol–water partition coefficient (Wildman–Crippen LogP) is 3.32. The standard InChI is InChI=1S/C16H14ClN2O2P/c17-11-15-18-19-16(21-15)12-22(20,13-7-3-1-4-8-13)14-9-5-2-6-10-14/h1-10H,11-12H2. The van der Waals surface area contributed by atoms with E-state index in [1.165, 1.54) is 0 Å². The molecule has 0 saturated carbocycles. The van der Waals surface area contributed by atoms with Crippen molar-refractivity contribution in [2.24, 2.45) is 0 Å². The molecule has 0 aliphatic heterocycles. The second kappa shape index (κ2) is 6.47. The van der Waals surface area contributed by atoms with Crippen LogP contribution in [0.15, 0.2) is 65.1 Å². The number of hydrogen-bond donors (Lipinski definition) is 0. The number of nitrogens with zero attached hydrogens (tertiary/aromatic N) is 2. The highest BCUT2D eigenvalue weighted by atomic mass is 35.5. The van der Waals surface area contributed by atoms with Gasteiger partial charge in [-0.25, -0.2) is 0 Å². The van der Waals surface area contributed by atoms with Gasteiger partial charge in [-0.2, -0.15) is 0 Å². The van der Waals surface area contributed by atoms with Gasteiger partial charge in [0.25, 0.3) is 0 Å². The zero-order valence-corrected chi connectivity index (χ0v) is 13.4. The van der Waals surface area contributed by atoms with Crippen molar-refractivity contribution < 1.29 is 8.98 Å². The van der Waals surface area contributed by atoms with Crippen LogP contribution in [-0.4, -0.2) is 10.2 Å². The maximum Gasteiger partial charge on any atom is 0.231 e. The van der Waals surface area contributed by atoms with Gasteiger partial charge in [0, 0.05) is 10.6 Å². The Morgan fingerprint density at radius 3 is 1.82 bits per heavy atom. The summed E-state index contributed by atoms with van der Waals surface area (Å²) in [6, 6.07) is 18.8. The molecule has 0 spiro atoms. The quantitative estimate of drug-likeness (QED) is 0.531. The van der Waals surface area contributed by atoms with Crippen LogP contribution in [0.2, 0.25) is 0 Å². The molecule has 0 amide bonds. The molecule has 0 unspecified atom stereocenters. The average molecular weight is 333 g/mol. The van der Waals surface area contributed by atoms with Crippen molar-refractivity contribution >= 4 is 29.4 Å². The SMILES string of the molecule is O=P(Cc1nnc(CCl)o1)(c1ccccc1)c1ccccc1. The zero-order valence-electron chi connectivity index (χ0n) is 11.7. The molecular formula is C16H14ClN2O2P. The summed E-state index contributed by atoms with van der Waals surface area (Å²) >= 11 is 5.68. The minimum absolute atomic E-state index is 0.147. The second-order valence-corrected chi connectivity index (χ2v) is 7.89. The number of benzene rings is 2. The molecule has 0 saturated heterocycles. The maximum absolute atomic E-state index is 13.7. The van der Waals surface area contributed by atoms with Gasteiger partial charge in [0.05, 0.1) is 6.16 Å². The highest BCUT2D eigenvalue weighted by Crippen LogP contribution is 2.46. The smallest absolute Gasteiger partial charge is 0.231 e. The van der Waals surface area contributed by atoms with Gasteiger partial charge in [-0.05, 0) is 0 Å². The lowest BCUT2D eigenvalue weighted by atomic mass is 10.4. The van der Waals surface area contributed by atoms with Crippen molar-refractivity contribution in [2.45, 2.75) is 12.0 Å². The highest BCUT2D eigenvalue weighted by molar-refractivity contribution is 7.78. The monoisotopic (exact) mass is 332 g/mol. The summed E-state index contributed by atoms with van der Waals surface area (Å²) in [5.74, 6) is 0.824. The first kappa shape index (κ1) is 15.0. The third-order valence-corrected chi connectivity index (χ3v) is 6.54. The Hall–Kier alpha value is -1.90. The molecule has 0 aliphatic carbocycles. The molecule has 0 radical (unpaired) electrons. The largest absolute Gasteiger partial charge is 0.423 e. The third kappa shape index (κ3) is 2.99. The molecule has 3 aromatic rings. The van der Waals surface area contributed by atoms with Crippen LogP contribution in [0.5, 0.6) is 0 Å². The molecule has 22 heavy (non-hydrogen) atoms. The van der Waals surface area contributed by atoms with Crippen LogP contribution in [0.4, 0.5) is 0 Å². The fourth-order valence-corrected chi connectivity index (χ4v) is 4.85. The van der Waals surface area contributed by atoms with Crippen molar-refractivity contribution in [3.8, 4) is 0 Å². The maximum atomic E-state index is 13.7. The summed E-state index contributed by atoms with van der Waals surface area (Å²) in [5, 5.41) is 9.33. The summed E-state index contributed by atoms with van der Waals surface area (Å²) in [6.07, 6.45) is 0.185. The van der Waals surface area contributed by atoms with E-state index in [0.29, 0.717) is 11.8 Å². The first-order chi connectivity index (χ1) is 10.7. The number of rotatable bonds is 5. The summed E-state index contributed by atoms with van der Waals surface area (Å²) < 4.78 is 19.2. The molecule has 112 valence electrons. The minimum atomic E-state index is -2.88. The van der Waals surface area contributed by atoms with Crippen LogP contribution in [0.3, 0.4) is 0 Å². The van der Waals surface area contributed by atoms with Crippen LogP contribution in [0.25, 0.3) is 0 Å². The highest BCUT2D eigenvalue weighted by Gasteiger charge is 2.29. The average Bonchev–Trinajstić information content (AvgIpc) is 3.04. The predicted molar refractivity (Wildman–Crippen MR) is 87.3 cm³/mol. The van der Waals surface area contributed by atoms with Gasteiger partial charge < -0.3 is 8.98 Å². The normalized spacial score (nSPS) is 11.5. The fraction of sp³-hybridized carbons (Fsp3) is 0.125. The van der Waals surface area contributed by atoms with Crippen molar-refractivity contribution in [2.75, 3.05) is 0 Å². The number of alkyl halides is 1. The van der Waals surface area contributed by atoms with Gasteiger partial charge in [0.2, 0.25) is 11.8 Å². The number of hydrogen-bond acceptors (Lipinski definition) is 4. The zero-order chi connectivity index (χ0) is 15.4. The molecule has 0 bridgehead atoms. The van der Waals surface area contributed by atoms with E-state index in [9.17, 15) is 4.57 Å². The lowest BCUT2D eigenvalue weighted by Crippen LogP contribution is -2.17. The first-order valence-electron chi connectivity index (χ1n) is 6.80. The molecule has 0 N–H and O–H groups in total. The molecule has 1 heterocycles. The second-order valence-electron chi connectivity index (χ2n) is 4.79. The lowest BCUT2D eigenvalue weighted by Gasteiger charge is -2.17. The van der Waals surface area contributed by atoms with E-state index in [0.717, 1.165) is 10.6 Å². The van der Waals surface area contributed by atoms with E-state index in [2.05, 4.69) is 10.2 Å². The summed E-state index contributed by atoms with van der Waals surface area (Å²) in [6.45, 7) is 0. The topological polar surface area (TPSA) is 56.0 Å². The van der Waals surface area contributed by atoms with Gasteiger partial charge in [-0.15, -0.1) is 21.8 Å². The van der Waals surface area contributed by atoms with E-state index < -0.39 is 7.14 Å². The van der Waals surface area contributed by atoms with E-state index in [4.69, 9.17) is 16.0 Å². The van der Waals surface area contributed by atoms with Gasteiger partial charge in [0.15, 0.2) is 7.14 Å². The Kier molecular flexibility index (Phi) is 4.41. The van der Waals surface area contributed by atoms with E-state index >= 15 is 0 Å². The Labute approximate surface area is 133 Å². The number of halogens is 1. The molecule has 2 aromatic carbocycles. The fourth-order valence-electron chi connectivity index (χ4n) is 2.27. The van der Waals surface area contributed by atoms with Gasteiger partial charge in [0.1, 0.15) is 5.88 Å². The molecule has 1 aromatic heterocycles. The molecule has 3 rings (SSSR count). The molecular weight excluding hydrogens is 319 g/mol. The van der Waals surface area contributed by atoms with Crippen LogP contribution < -0.4 is 10.6 Å². The van der Waals surface area contributed by atoms with Gasteiger partial charge in [-0.1, -0.05) is 60.7 Å². The van der Waals surface area contributed by atoms with Crippen molar-refractivity contribution in [1.82, 2.24) is 10.2 Å². The van der Waals surface area contributed by atoms with Gasteiger partial charge in [-0.3, -0.25) is 0 Å². The number of aromatic nitrogens is 2. The Bertz CT molecular complexity index is 747. The minimum Gasteiger partial charge on any atom is -0.423 e.